The van der Waals surface area contributed by atoms with Crippen molar-refractivity contribution < 1.29 is 9.47 Å². The Labute approximate surface area is 85.2 Å². The highest BCUT2D eigenvalue weighted by atomic mass is 16.7. The average molecular weight is 192 g/mol. The molecule has 0 unspecified atom stereocenters. The van der Waals surface area contributed by atoms with Crippen molar-refractivity contribution in [2.24, 2.45) is 0 Å². The molecule has 0 amide bonds. The first kappa shape index (κ1) is 11.0. The average Bonchev–Trinajstić information content (AvgIpc) is 2.69. The minimum absolute atomic E-state index is 0.154. The number of ether oxygens (including phenoxy) is 2. The van der Waals surface area contributed by atoms with Gasteiger partial charge in [0.15, 0.2) is 6.29 Å². The lowest BCUT2D eigenvalue weighted by Gasteiger charge is -1.99. The van der Waals surface area contributed by atoms with Crippen LogP contribution in [0.1, 0.15) is 6.92 Å². The van der Waals surface area contributed by atoms with Crippen molar-refractivity contribution in [3.05, 3.63) is 48.6 Å². The molecule has 14 heavy (non-hydrogen) atoms. The van der Waals surface area contributed by atoms with Crippen molar-refractivity contribution in [2.75, 3.05) is 13.2 Å². The maximum absolute atomic E-state index is 5.23. The zero-order valence-electron chi connectivity index (χ0n) is 8.43. The van der Waals surface area contributed by atoms with Crippen LogP contribution in [0.3, 0.4) is 0 Å². The molecule has 76 valence electrons. The Hall–Kier alpha value is -1.12. The number of hydrogen-bond acceptors (Lipinski definition) is 2. The molecule has 0 aromatic rings. The topological polar surface area (TPSA) is 18.5 Å². The molecule has 2 heteroatoms. The molecule has 1 rings (SSSR count). The van der Waals surface area contributed by atoms with E-state index in [0.29, 0.717) is 13.2 Å². The lowest BCUT2D eigenvalue weighted by molar-refractivity contribution is -0.00152. The first-order valence-corrected chi connectivity index (χ1v) is 4.79. The molecule has 1 aliphatic rings. The second-order valence-corrected chi connectivity index (χ2v) is 2.79. The van der Waals surface area contributed by atoms with Crippen LogP contribution < -0.4 is 0 Å². The summed E-state index contributed by atoms with van der Waals surface area (Å²) in [7, 11) is 0. The molecule has 0 N–H and O–H groups in total. The molecule has 0 spiro atoms. The molecule has 0 aromatic carbocycles. The highest BCUT2D eigenvalue weighted by molar-refractivity contribution is 5.15. The highest BCUT2D eigenvalue weighted by Crippen LogP contribution is 2.04. The van der Waals surface area contributed by atoms with Crippen molar-refractivity contribution in [1.29, 1.82) is 0 Å². The van der Waals surface area contributed by atoms with E-state index in [9.17, 15) is 0 Å². The molecule has 0 bridgehead atoms. The van der Waals surface area contributed by atoms with E-state index in [1.807, 2.05) is 55.5 Å². The Morgan fingerprint density at radius 2 is 1.43 bits per heavy atom. The third kappa shape index (κ3) is 4.80. The summed E-state index contributed by atoms with van der Waals surface area (Å²) >= 11 is 0. The van der Waals surface area contributed by atoms with Gasteiger partial charge in [0.25, 0.3) is 0 Å². The van der Waals surface area contributed by atoms with Crippen LogP contribution in [0, 0.1) is 0 Å². The van der Waals surface area contributed by atoms with Gasteiger partial charge in [-0.05, 0) is 13.0 Å². The van der Waals surface area contributed by atoms with Crippen molar-refractivity contribution in [3.8, 4) is 0 Å². The minimum atomic E-state index is -0.154. The summed E-state index contributed by atoms with van der Waals surface area (Å²) in [5, 5.41) is 0. The maximum Gasteiger partial charge on any atom is 0.177 e. The Morgan fingerprint density at radius 1 is 0.857 bits per heavy atom. The van der Waals surface area contributed by atoms with Crippen molar-refractivity contribution >= 4 is 0 Å². The van der Waals surface area contributed by atoms with Gasteiger partial charge >= 0.3 is 0 Å². The van der Waals surface area contributed by atoms with Crippen LogP contribution in [-0.2, 0) is 9.47 Å². The summed E-state index contributed by atoms with van der Waals surface area (Å²) < 4.78 is 10.5. The first-order chi connectivity index (χ1) is 6.93. The summed E-state index contributed by atoms with van der Waals surface area (Å²) in [6.07, 6.45) is 15.5. The van der Waals surface area contributed by atoms with Crippen LogP contribution in [0.25, 0.3) is 0 Å². The van der Waals surface area contributed by atoms with Crippen molar-refractivity contribution in [2.45, 2.75) is 13.2 Å². The van der Waals surface area contributed by atoms with Crippen LogP contribution in [0.5, 0.6) is 0 Å². The van der Waals surface area contributed by atoms with E-state index in [4.69, 9.17) is 9.47 Å². The molecule has 0 radical (unpaired) electrons. The van der Waals surface area contributed by atoms with Gasteiger partial charge in [-0.1, -0.05) is 42.5 Å². The molecule has 1 saturated heterocycles. The Kier molecular flexibility index (Phi) is 5.71. The van der Waals surface area contributed by atoms with Gasteiger partial charge in [-0.15, -0.1) is 0 Å². The van der Waals surface area contributed by atoms with Gasteiger partial charge in [0.2, 0.25) is 0 Å². The first-order valence-electron chi connectivity index (χ1n) is 4.79. The van der Waals surface area contributed by atoms with Gasteiger partial charge in [0.1, 0.15) is 0 Å². The van der Waals surface area contributed by atoms with E-state index < -0.39 is 0 Å². The van der Waals surface area contributed by atoms with Crippen LogP contribution in [0.15, 0.2) is 48.6 Å². The van der Waals surface area contributed by atoms with Gasteiger partial charge in [-0.3, -0.25) is 0 Å². The smallest absolute Gasteiger partial charge is 0.177 e. The van der Waals surface area contributed by atoms with Gasteiger partial charge in [0.05, 0.1) is 13.2 Å². The zero-order chi connectivity index (χ0) is 10.1. The molecule has 0 aromatic heterocycles. The molecule has 2 nitrogen and oxygen atoms in total. The summed E-state index contributed by atoms with van der Waals surface area (Å²) in [6.45, 7) is 3.38. The molecule has 1 fully saturated rings. The van der Waals surface area contributed by atoms with Gasteiger partial charge in [-0.2, -0.15) is 0 Å². The number of rotatable bonds is 4. The van der Waals surface area contributed by atoms with E-state index in [-0.39, 0.29) is 6.29 Å². The quantitative estimate of drug-likeness (QED) is 0.637. The third-order valence-corrected chi connectivity index (χ3v) is 1.66. The Balaban J connectivity index is 2.17. The van der Waals surface area contributed by atoms with Crippen LogP contribution in [0.2, 0.25) is 0 Å². The summed E-state index contributed by atoms with van der Waals surface area (Å²) in [4.78, 5) is 0. The van der Waals surface area contributed by atoms with E-state index in [1.54, 1.807) is 0 Å². The largest absolute Gasteiger partial charge is 0.347 e. The minimum Gasteiger partial charge on any atom is -0.347 e. The van der Waals surface area contributed by atoms with Crippen LogP contribution in [-0.4, -0.2) is 19.5 Å². The maximum atomic E-state index is 5.23. The zero-order valence-corrected chi connectivity index (χ0v) is 8.43. The highest BCUT2D eigenvalue weighted by Gasteiger charge is 2.10. The molecular weight excluding hydrogens is 176 g/mol. The Morgan fingerprint density at radius 3 is 2.07 bits per heavy atom. The van der Waals surface area contributed by atoms with E-state index >= 15 is 0 Å². The van der Waals surface area contributed by atoms with Gasteiger partial charge in [0, 0.05) is 0 Å². The van der Waals surface area contributed by atoms with Gasteiger partial charge in [-0.25, -0.2) is 0 Å². The van der Waals surface area contributed by atoms with E-state index in [2.05, 4.69) is 0 Å². The third-order valence-electron chi connectivity index (χ3n) is 1.66. The van der Waals surface area contributed by atoms with Crippen LogP contribution >= 0.6 is 0 Å². The fraction of sp³-hybridized carbons (Fsp3) is 0.333. The lowest BCUT2D eigenvalue weighted by atomic mass is 10.4. The standard InChI is InChI=1S/C12H16O2/c1-2-3-4-5-6-7-8-9-12-13-10-11-14-12/h2-9,12H,10-11H2,1H3/b3-2+,5-4+,7-6+,9-8+. The second-order valence-electron chi connectivity index (χ2n) is 2.79. The predicted molar refractivity (Wildman–Crippen MR) is 57.9 cm³/mol. The summed E-state index contributed by atoms with van der Waals surface area (Å²) in [6, 6.07) is 0. The van der Waals surface area contributed by atoms with Crippen LogP contribution in [0.4, 0.5) is 0 Å². The monoisotopic (exact) mass is 192 g/mol. The van der Waals surface area contributed by atoms with Crippen molar-refractivity contribution in [1.82, 2.24) is 0 Å². The predicted octanol–water partition coefficient (Wildman–Crippen LogP) is 2.60. The fourth-order valence-corrected chi connectivity index (χ4v) is 1.01. The molecule has 0 atom stereocenters. The summed E-state index contributed by atoms with van der Waals surface area (Å²) in [5.41, 5.74) is 0. The normalized spacial score (nSPS) is 20.1. The SMILES string of the molecule is C/C=C/C=C/C=C/C=C/C1OCCO1. The van der Waals surface area contributed by atoms with Crippen molar-refractivity contribution in [3.63, 3.8) is 0 Å². The summed E-state index contributed by atoms with van der Waals surface area (Å²) in [5.74, 6) is 0. The lowest BCUT2D eigenvalue weighted by Crippen LogP contribution is -2.01. The molecular formula is C12H16O2. The molecule has 0 saturated carbocycles. The molecule has 1 aliphatic heterocycles. The second kappa shape index (κ2) is 7.30. The van der Waals surface area contributed by atoms with Gasteiger partial charge < -0.3 is 9.47 Å². The number of hydrogen-bond donors (Lipinski definition) is 0. The van der Waals surface area contributed by atoms with E-state index in [1.165, 1.54) is 0 Å². The number of allylic oxidation sites excluding steroid dienone is 7. The molecule has 0 aliphatic carbocycles. The van der Waals surface area contributed by atoms with E-state index in [0.717, 1.165) is 0 Å². The fourth-order valence-electron chi connectivity index (χ4n) is 1.01. The Bertz CT molecular complexity index is 243. The molecule has 1 heterocycles.